The van der Waals surface area contributed by atoms with E-state index in [2.05, 4.69) is 34.6 Å². The van der Waals surface area contributed by atoms with Crippen molar-refractivity contribution in [3.05, 3.63) is 0 Å². The second-order valence-corrected chi connectivity index (χ2v) is 8.84. The van der Waals surface area contributed by atoms with Gasteiger partial charge in [0.1, 0.15) is 0 Å². The topological polar surface area (TPSA) is 60.7 Å². The fraction of sp³-hybridized carbons (Fsp3) is 1.00. The van der Waals surface area contributed by atoms with Crippen LogP contribution in [0.3, 0.4) is 0 Å². The Morgan fingerprint density at radius 2 is 1.19 bits per heavy atom. The molecular formula is C24H54O3. The number of aliphatic hydroxyl groups excluding tert-OH is 2. The molecule has 27 heavy (non-hydrogen) atoms. The standard InChI is InChI=1S/C10H22O.2C7H16O/c1-3-5-6-7-9-10(11)8-4-2;1-6(2)5-7(3,4)8;1-2-3-4-5-6-7-8/h10-11H,3-9H2,1-2H3;6,8H,5H2,1-4H3;8H,2-7H2,1H3. The van der Waals surface area contributed by atoms with Crippen LogP contribution in [-0.4, -0.2) is 33.6 Å². The zero-order chi connectivity index (χ0) is 21.6. The highest BCUT2D eigenvalue weighted by Gasteiger charge is 2.13. The molecule has 0 aliphatic rings. The Hall–Kier alpha value is -0.120. The molecule has 168 valence electrons. The van der Waals surface area contributed by atoms with Crippen LogP contribution in [0.4, 0.5) is 0 Å². The van der Waals surface area contributed by atoms with Crippen molar-refractivity contribution in [2.24, 2.45) is 5.92 Å². The highest BCUT2D eigenvalue weighted by atomic mass is 16.3. The lowest BCUT2D eigenvalue weighted by atomic mass is 9.97. The summed E-state index contributed by atoms with van der Waals surface area (Å²) < 4.78 is 0. The molecule has 0 spiro atoms. The zero-order valence-electron chi connectivity index (χ0n) is 19.9. The summed E-state index contributed by atoms with van der Waals surface area (Å²) in [6.45, 7) is 14.8. The lowest BCUT2D eigenvalue weighted by molar-refractivity contribution is 0.0579. The van der Waals surface area contributed by atoms with Crippen LogP contribution in [0.1, 0.15) is 132 Å². The average molecular weight is 391 g/mol. The molecule has 0 amide bonds. The van der Waals surface area contributed by atoms with Crippen LogP contribution in [0.2, 0.25) is 0 Å². The van der Waals surface area contributed by atoms with Gasteiger partial charge in [-0.3, -0.25) is 0 Å². The van der Waals surface area contributed by atoms with Gasteiger partial charge in [0.2, 0.25) is 0 Å². The maximum absolute atomic E-state index is 9.35. The first kappa shape index (κ1) is 31.6. The second-order valence-electron chi connectivity index (χ2n) is 8.84. The summed E-state index contributed by atoms with van der Waals surface area (Å²) in [6, 6.07) is 0. The highest BCUT2D eigenvalue weighted by molar-refractivity contribution is 4.66. The number of hydrogen-bond donors (Lipinski definition) is 3. The van der Waals surface area contributed by atoms with Crippen LogP contribution >= 0.6 is 0 Å². The molecule has 3 N–H and O–H groups in total. The molecule has 0 fully saturated rings. The number of aliphatic hydroxyl groups is 3. The van der Waals surface area contributed by atoms with Gasteiger partial charge in [-0.2, -0.15) is 0 Å². The van der Waals surface area contributed by atoms with E-state index in [1.165, 1.54) is 51.4 Å². The fourth-order valence-corrected chi connectivity index (χ4v) is 3.00. The van der Waals surface area contributed by atoms with Gasteiger partial charge in [-0.1, -0.05) is 92.4 Å². The van der Waals surface area contributed by atoms with Gasteiger partial charge in [0.05, 0.1) is 11.7 Å². The van der Waals surface area contributed by atoms with Crippen molar-refractivity contribution < 1.29 is 15.3 Å². The molecule has 0 aromatic carbocycles. The molecule has 0 aliphatic carbocycles. The number of unbranched alkanes of at least 4 members (excludes halogenated alkanes) is 7. The van der Waals surface area contributed by atoms with Crippen LogP contribution in [0.25, 0.3) is 0 Å². The Kier molecular flexibility index (Phi) is 28.0. The third-order valence-corrected chi connectivity index (χ3v) is 4.18. The van der Waals surface area contributed by atoms with E-state index in [0.717, 1.165) is 32.1 Å². The summed E-state index contributed by atoms with van der Waals surface area (Å²) in [5, 5.41) is 26.9. The molecule has 0 rings (SSSR count). The molecule has 0 aliphatic heterocycles. The number of rotatable bonds is 14. The first-order chi connectivity index (χ1) is 12.6. The third-order valence-electron chi connectivity index (χ3n) is 4.18. The third kappa shape index (κ3) is 41.4. The van der Waals surface area contributed by atoms with Gasteiger partial charge in [0.15, 0.2) is 0 Å². The summed E-state index contributed by atoms with van der Waals surface area (Å²) in [7, 11) is 0. The van der Waals surface area contributed by atoms with Gasteiger partial charge in [0, 0.05) is 6.61 Å². The zero-order valence-corrected chi connectivity index (χ0v) is 19.9. The largest absolute Gasteiger partial charge is 0.396 e. The Labute approximate surface area is 172 Å². The van der Waals surface area contributed by atoms with Crippen molar-refractivity contribution in [2.45, 2.75) is 144 Å². The van der Waals surface area contributed by atoms with Crippen molar-refractivity contribution in [1.82, 2.24) is 0 Å². The Morgan fingerprint density at radius 3 is 1.52 bits per heavy atom. The lowest BCUT2D eigenvalue weighted by Crippen LogP contribution is -2.20. The van der Waals surface area contributed by atoms with E-state index in [0.29, 0.717) is 12.5 Å². The maximum Gasteiger partial charge on any atom is 0.0594 e. The monoisotopic (exact) mass is 390 g/mol. The summed E-state index contributed by atoms with van der Waals surface area (Å²) in [5.74, 6) is 0.593. The molecule has 0 heterocycles. The Morgan fingerprint density at radius 1 is 0.704 bits per heavy atom. The van der Waals surface area contributed by atoms with Gasteiger partial charge in [-0.25, -0.2) is 0 Å². The molecule has 0 saturated carbocycles. The van der Waals surface area contributed by atoms with E-state index >= 15 is 0 Å². The van der Waals surface area contributed by atoms with Crippen molar-refractivity contribution in [3.63, 3.8) is 0 Å². The smallest absolute Gasteiger partial charge is 0.0594 e. The lowest BCUT2D eigenvalue weighted by Gasteiger charge is -2.18. The highest BCUT2D eigenvalue weighted by Crippen LogP contribution is 2.14. The predicted octanol–water partition coefficient (Wildman–Crippen LogP) is 6.87. The van der Waals surface area contributed by atoms with Crippen LogP contribution in [-0.2, 0) is 0 Å². The quantitative estimate of drug-likeness (QED) is 0.284. The summed E-state index contributed by atoms with van der Waals surface area (Å²) in [6.07, 6.45) is 15.1. The Bertz CT molecular complexity index is 241. The SMILES string of the molecule is CC(C)CC(C)(C)O.CCCCCCC(O)CCC.CCCCCCCO. The minimum atomic E-state index is -0.478. The molecule has 3 nitrogen and oxygen atoms in total. The van der Waals surface area contributed by atoms with E-state index in [1.807, 2.05) is 13.8 Å². The predicted molar refractivity (Wildman–Crippen MR) is 121 cm³/mol. The summed E-state index contributed by atoms with van der Waals surface area (Å²) in [5.41, 5.74) is -0.478. The molecule has 0 aromatic rings. The molecule has 0 radical (unpaired) electrons. The summed E-state index contributed by atoms with van der Waals surface area (Å²) >= 11 is 0. The second kappa shape index (κ2) is 23.9. The summed E-state index contributed by atoms with van der Waals surface area (Å²) in [4.78, 5) is 0. The molecule has 1 atom stereocenters. The fourth-order valence-electron chi connectivity index (χ4n) is 3.00. The molecule has 3 heteroatoms. The van der Waals surface area contributed by atoms with Crippen LogP contribution in [0.15, 0.2) is 0 Å². The van der Waals surface area contributed by atoms with Gasteiger partial charge < -0.3 is 15.3 Å². The molecular weight excluding hydrogens is 336 g/mol. The number of hydrogen-bond acceptors (Lipinski definition) is 3. The van der Waals surface area contributed by atoms with Gasteiger partial charge >= 0.3 is 0 Å². The molecule has 0 saturated heterocycles. The van der Waals surface area contributed by atoms with Crippen molar-refractivity contribution in [3.8, 4) is 0 Å². The van der Waals surface area contributed by atoms with Crippen LogP contribution in [0, 0.1) is 5.92 Å². The first-order valence-electron chi connectivity index (χ1n) is 11.7. The van der Waals surface area contributed by atoms with Crippen molar-refractivity contribution in [2.75, 3.05) is 6.61 Å². The van der Waals surface area contributed by atoms with E-state index < -0.39 is 5.60 Å². The van der Waals surface area contributed by atoms with E-state index in [4.69, 9.17) is 5.11 Å². The first-order valence-corrected chi connectivity index (χ1v) is 11.7. The van der Waals surface area contributed by atoms with Gasteiger partial charge in [0.25, 0.3) is 0 Å². The van der Waals surface area contributed by atoms with Gasteiger partial charge in [-0.15, -0.1) is 0 Å². The van der Waals surface area contributed by atoms with Crippen molar-refractivity contribution >= 4 is 0 Å². The molecule has 0 bridgehead atoms. The minimum absolute atomic E-state index is 0.0307. The maximum atomic E-state index is 9.35. The van der Waals surface area contributed by atoms with Gasteiger partial charge in [-0.05, 0) is 45.4 Å². The molecule has 0 aromatic heterocycles. The van der Waals surface area contributed by atoms with E-state index in [-0.39, 0.29) is 6.10 Å². The average Bonchev–Trinajstić information content (AvgIpc) is 2.55. The van der Waals surface area contributed by atoms with Crippen LogP contribution < -0.4 is 0 Å². The molecule has 1 unspecified atom stereocenters. The van der Waals surface area contributed by atoms with E-state index in [9.17, 15) is 10.2 Å². The minimum Gasteiger partial charge on any atom is -0.396 e. The van der Waals surface area contributed by atoms with Crippen LogP contribution in [0.5, 0.6) is 0 Å². The normalized spacial score (nSPS) is 12.1. The van der Waals surface area contributed by atoms with E-state index in [1.54, 1.807) is 0 Å². The Balaban J connectivity index is -0.000000327. The van der Waals surface area contributed by atoms with Crippen molar-refractivity contribution in [1.29, 1.82) is 0 Å².